The van der Waals surface area contributed by atoms with Gasteiger partial charge in [-0.2, -0.15) is 4.98 Å². The van der Waals surface area contributed by atoms with Gasteiger partial charge >= 0.3 is 6.03 Å². The lowest BCUT2D eigenvalue weighted by atomic mass is 9.93. The van der Waals surface area contributed by atoms with Crippen molar-refractivity contribution in [2.24, 2.45) is 5.92 Å². The summed E-state index contributed by atoms with van der Waals surface area (Å²) in [5.74, 6) is 2.65. The number of aryl methyl sites for hydroxylation is 3. The topological polar surface area (TPSA) is 91.7 Å². The highest BCUT2D eigenvalue weighted by molar-refractivity contribution is 5.87. The first-order valence-electron chi connectivity index (χ1n) is 10.1. The summed E-state index contributed by atoms with van der Waals surface area (Å²) in [6.07, 6.45) is 7.02. The second kappa shape index (κ2) is 8.46. The number of hydrogen-bond donors (Lipinski definition) is 2. The molecule has 0 unspecified atom stereocenters. The Morgan fingerprint density at radius 1 is 1.28 bits per heavy atom. The van der Waals surface area contributed by atoms with Crippen molar-refractivity contribution < 1.29 is 4.79 Å². The van der Waals surface area contributed by atoms with Gasteiger partial charge in [0.2, 0.25) is 5.95 Å². The Balaban J connectivity index is 1.26. The third-order valence-electron chi connectivity index (χ3n) is 5.60. The number of nitrogens with one attached hydrogen (secondary N) is 2. The minimum absolute atomic E-state index is 0.135. The number of aromatic amines is 1. The fourth-order valence-corrected chi connectivity index (χ4v) is 3.80. The Hall–Kier alpha value is -3.16. The van der Waals surface area contributed by atoms with Gasteiger partial charge < -0.3 is 9.47 Å². The highest BCUT2D eigenvalue weighted by Gasteiger charge is 2.23. The lowest BCUT2D eigenvalue weighted by Crippen LogP contribution is -2.41. The number of piperidine rings is 1. The SMILES string of the molecule is Cc1cccc(-c2nc(NC(=O)N3CCC(CCn4ccnc4C)CC3)n[nH]2)c1. The average Bonchev–Trinajstić information content (AvgIpc) is 3.36. The maximum Gasteiger partial charge on any atom is 0.324 e. The van der Waals surface area contributed by atoms with Crippen LogP contribution in [0.15, 0.2) is 36.7 Å². The van der Waals surface area contributed by atoms with E-state index in [4.69, 9.17) is 0 Å². The van der Waals surface area contributed by atoms with Crippen LogP contribution in [0, 0.1) is 19.8 Å². The van der Waals surface area contributed by atoms with Crippen molar-refractivity contribution in [3.63, 3.8) is 0 Å². The number of aromatic nitrogens is 5. The summed E-state index contributed by atoms with van der Waals surface area (Å²) in [6.45, 7) is 6.56. The van der Waals surface area contributed by atoms with Crippen LogP contribution in [0.25, 0.3) is 11.4 Å². The van der Waals surface area contributed by atoms with Crippen LogP contribution in [-0.4, -0.2) is 48.8 Å². The molecule has 1 fully saturated rings. The molecule has 0 radical (unpaired) electrons. The fraction of sp³-hybridized carbons (Fsp3) is 0.429. The van der Waals surface area contributed by atoms with Crippen LogP contribution in [0.5, 0.6) is 0 Å². The number of nitrogens with zero attached hydrogens (tertiary/aromatic N) is 5. The molecule has 4 rings (SSSR count). The monoisotopic (exact) mass is 393 g/mol. The molecular weight excluding hydrogens is 366 g/mol. The molecule has 1 aliphatic heterocycles. The minimum Gasteiger partial charge on any atom is -0.335 e. The molecule has 8 heteroatoms. The van der Waals surface area contributed by atoms with Gasteiger partial charge in [0.15, 0.2) is 5.82 Å². The van der Waals surface area contributed by atoms with Crippen LogP contribution in [-0.2, 0) is 6.54 Å². The summed E-state index contributed by atoms with van der Waals surface area (Å²) in [5.41, 5.74) is 2.10. The number of carbonyl (C=O) groups is 1. The van der Waals surface area contributed by atoms with Crippen molar-refractivity contribution in [3.8, 4) is 11.4 Å². The van der Waals surface area contributed by atoms with Crippen molar-refractivity contribution in [1.82, 2.24) is 29.6 Å². The van der Waals surface area contributed by atoms with Crippen LogP contribution in [0.4, 0.5) is 10.7 Å². The third kappa shape index (κ3) is 4.64. The summed E-state index contributed by atoms with van der Waals surface area (Å²) >= 11 is 0. The third-order valence-corrected chi connectivity index (χ3v) is 5.60. The van der Waals surface area contributed by atoms with Crippen molar-refractivity contribution >= 4 is 12.0 Å². The van der Waals surface area contributed by atoms with Crippen LogP contribution in [0.2, 0.25) is 0 Å². The molecule has 8 nitrogen and oxygen atoms in total. The Bertz CT molecular complexity index is 969. The Labute approximate surface area is 170 Å². The van der Waals surface area contributed by atoms with Crippen LogP contribution in [0.3, 0.4) is 0 Å². The number of amides is 2. The molecular formula is C21H27N7O. The first-order valence-corrected chi connectivity index (χ1v) is 10.1. The molecule has 0 atom stereocenters. The van der Waals surface area contributed by atoms with E-state index < -0.39 is 0 Å². The molecule has 3 aromatic rings. The Kier molecular flexibility index (Phi) is 5.59. The first kappa shape index (κ1) is 19.2. The highest BCUT2D eigenvalue weighted by Crippen LogP contribution is 2.22. The van der Waals surface area contributed by atoms with Crippen molar-refractivity contribution in [3.05, 3.63) is 48.0 Å². The van der Waals surface area contributed by atoms with Gasteiger partial charge in [-0.1, -0.05) is 23.8 Å². The van der Waals surface area contributed by atoms with Gasteiger partial charge in [0.25, 0.3) is 0 Å². The van der Waals surface area contributed by atoms with Crippen LogP contribution in [0.1, 0.15) is 30.7 Å². The lowest BCUT2D eigenvalue weighted by molar-refractivity contribution is 0.178. The second-order valence-electron chi connectivity index (χ2n) is 7.69. The number of anilines is 1. The molecule has 1 aromatic carbocycles. The Morgan fingerprint density at radius 3 is 2.83 bits per heavy atom. The molecule has 0 spiro atoms. The second-order valence-corrected chi connectivity index (χ2v) is 7.69. The molecule has 1 aliphatic rings. The van der Waals surface area contributed by atoms with E-state index in [9.17, 15) is 4.79 Å². The molecule has 3 heterocycles. The number of benzene rings is 1. The van der Waals surface area contributed by atoms with Gasteiger partial charge in [-0.05, 0) is 45.1 Å². The number of imidazole rings is 1. The molecule has 1 saturated heterocycles. The molecule has 2 amide bonds. The maximum absolute atomic E-state index is 12.6. The molecule has 0 saturated carbocycles. The van der Waals surface area contributed by atoms with Gasteiger partial charge in [0, 0.05) is 37.6 Å². The summed E-state index contributed by atoms with van der Waals surface area (Å²) < 4.78 is 2.19. The van der Waals surface area contributed by atoms with Gasteiger partial charge in [0.1, 0.15) is 5.82 Å². The fourth-order valence-electron chi connectivity index (χ4n) is 3.80. The zero-order valence-corrected chi connectivity index (χ0v) is 16.9. The van der Waals surface area contributed by atoms with E-state index in [-0.39, 0.29) is 6.03 Å². The smallest absolute Gasteiger partial charge is 0.324 e. The van der Waals surface area contributed by atoms with Crippen LogP contribution >= 0.6 is 0 Å². The van der Waals surface area contributed by atoms with E-state index in [0.717, 1.165) is 55.8 Å². The van der Waals surface area contributed by atoms with Gasteiger partial charge in [0.05, 0.1) is 0 Å². The zero-order valence-electron chi connectivity index (χ0n) is 16.9. The van der Waals surface area contributed by atoms with E-state index in [2.05, 4.69) is 30.0 Å². The van der Waals surface area contributed by atoms with Crippen molar-refractivity contribution in [1.29, 1.82) is 0 Å². The van der Waals surface area contributed by atoms with Crippen molar-refractivity contribution in [2.75, 3.05) is 18.4 Å². The summed E-state index contributed by atoms with van der Waals surface area (Å²) in [4.78, 5) is 23.1. The van der Waals surface area contributed by atoms with E-state index in [1.807, 2.05) is 55.4 Å². The predicted molar refractivity (Wildman–Crippen MR) is 111 cm³/mol. The lowest BCUT2D eigenvalue weighted by Gasteiger charge is -2.31. The number of likely N-dealkylation sites (tertiary alicyclic amines) is 1. The first-order chi connectivity index (χ1) is 14.1. The van der Waals surface area contributed by atoms with E-state index in [1.54, 1.807) is 0 Å². The van der Waals surface area contributed by atoms with E-state index in [1.165, 1.54) is 0 Å². The molecule has 2 aromatic heterocycles. The standard InChI is InChI=1S/C21H27N7O/c1-15-4-3-5-18(14-15)19-23-20(26-25-19)24-21(29)28-11-7-17(8-12-28)6-10-27-13-9-22-16(27)2/h3-5,9,13-14,17H,6-8,10-12H2,1-2H3,(H2,23,24,25,26,29). The number of rotatable bonds is 5. The van der Waals surface area contributed by atoms with Gasteiger partial charge in [-0.15, -0.1) is 5.10 Å². The van der Waals surface area contributed by atoms with Crippen LogP contribution < -0.4 is 5.32 Å². The largest absolute Gasteiger partial charge is 0.335 e. The summed E-state index contributed by atoms with van der Waals surface area (Å²) in [7, 11) is 0. The zero-order chi connectivity index (χ0) is 20.2. The van der Waals surface area contributed by atoms with E-state index in [0.29, 0.717) is 17.7 Å². The average molecular weight is 393 g/mol. The number of carbonyl (C=O) groups excluding carboxylic acids is 1. The maximum atomic E-state index is 12.6. The molecule has 29 heavy (non-hydrogen) atoms. The van der Waals surface area contributed by atoms with Crippen molar-refractivity contribution in [2.45, 2.75) is 39.7 Å². The van der Waals surface area contributed by atoms with Gasteiger partial charge in [-0.25, -0.2) is 9.78 Å². The van der Waals surface area contributed by atoms with Gasteiger partial charge in [-0.3, -0.25) is 10.4 Å². The highest BCUT2D eigenvalue weighted by atomic mass is 16.2. The quantitative estimate of drug-likeness (QED) is 0.692. The number of H-pyrrole nitrogens is 1. The molecule has 152 valence electrons. The normalized spacial score (nSPS) is 14.9. The molecule has 0 aliphatic carbocycles. The molecule has 0 bridgehead atoms. The minimum atomic E-state index is -0.135. The number of urea groups is 1. The summed E-state index contributed by atoms with van der Waals surface area (Å²) in [5, 5.41) is 9.85. The molecule has 2 N–H and O–H groups in total. The van der Waals surface area contributed by atoms with E-state index >= 15 is 0 Å². The summed E-state index contributed by atoms with van der Waals surface area (Å²) in [6, 6.07) is 7.87. The number of hydrogen-bond acceptors (Lipinski definition) is 4. The predicted octanol–water partition coefficient (Wildman–Crippen LogP) is 3.62. The Morgan fingerprint density at radius 2 is 2.10 bits per heavy atom.